The molecule has 156 valence electrons. The smallest absolute Gasteiger partial charge is 0.350 e. The van der Waals surface area contributed by atoms with E-state index in [9.17, 15) is 9.59 Å². The number of benzene rings is 1. The van der Waals surface area contributed by atoms with Crippen LogP contribution in [0, 0.1) is 6.92 Å². The average Bonchev–Trinajstić information content (AvgIpc) is 3.13. The Hall–Kier alpha value is -2.98. The number of thioether (sulfide) groups is 1. The van der Waals surface area contributed by atoms with Crippen molar-refractivity contribution in [3.63, 3.8) is 0 Å². The normalized spacial score (nSPS) is 10.5. The first-order valence-electron chi connectivity index (χ1n) is 9.05. The van der Waals surface area contributed by atoms with Crippen molar-refractivity contribution >= 4 is 40.1 Å². The molecule has 3 rings (SSSR count). The Balaban J connectivity index is 1.54. The number of ether oxygens (including phenoxy) is 2. The van der Waals surface area contributed by atoms with E-state index in [1.807, 2.05) is 36.4 Å². The topological polar surface area (TPSA) is 103 Å². The standard InChI is InChI=1S/C20H20N4O4S2/c1-4-28-19(26)18-12(2)21-20(30-18)22-16(25)11-29-17-10-9-15(23-24-17)13-5-7-14(27-3)8-6-13/h5-10H,4,11H2,1-3H3,(H,21,22,25). The van der Waals surface area contributed by atoms with Gasteiger partial charge in [0.2, 0.25) is 5.91 Å². The number of esters is 1. The van der Waals surface area contributed by atoms with Crippen LogP contribution in [-0.4, -0.2) is 46.5 Å². The van der Waals surface area contributed by atoms with E-state index in [-0.39, 0.29) is 18.3 Å². The number of aromatic nitrogens is 3. The van der Waals surface area contributed by atoms with Gasteiger partial charge in [-0.25, -0.2) is 9.78 Å². The minimum absolute atomic E-state index is 0.143. The van der Waals surface area contributed by atoms with Crippen LogP contribution >= 0.6 is 23.1 Å². The first-order valence-corrected chi connectivity index (χ1v) is 10.9. The van der Waals surface area contributed by atoms with Gasteiger partial charge in [-0.2, -0.15) is 0 Å². The van der Waals surface area contributed by atoms with E-state index in [1.165, 1.54) is 11.8 Å². The molecule has 0 saturated heterocycles. The molecule has 0 spiro atoms. The molecule has 0 saturated carbocycles. The number of carbonyl (C=O) groups is 2. The molecule has 0 aliphatic rings. The Kier molecular flexibility index (Phi) is 7.36. The lowest BCUT2D eigenvalue weighted by Gasteiger charge is -2.04. The largest absolute Gasteiger partial charge is 0.497 e. The van der Waals surface area contributed by atoms with Crippen molar-refractivity contribution in [2.45, 2.75) is 18.9 Å². The zero-order valence-corrected chi connectivity index (χ0v) is 18.3. The van der Waals surface area contributed by atoms with Crippen LogP contribution < -0.4 is 10.1 Å². The van der Waals surface area contributed by atoms with Gasteiger partial charge in [0.05, 0.1) is 30.9 Å². The maximum Gasteiger partial charge on any atom is 0.350 e. The van der Waals surface area contributed by atoms with Gasteiger partial charge < -0.3 is 14.8 Å². The van der Waals surface area contributed by atoms with E-state index in [4.69, 9.17) is 9.47 Å². The maximum atomic E-state index is 12.2. The second kappa shape index (κ2) is 10.2. The summed E-state index contributed by atoms with van der Waals surface area (Å²) in [5, 5.41) is 12.1. The number of nitrogens with zero attached hydrogens (tertiary/aromatic N) is 3. The van der Waals surface area contributed by atoms with Crippen molar-refractivity contribution in [3.8, 4) is 17.0 Å². The first kappa shape index (κ1) is 21.7. The van der Waals surface area contributed by atoms with E-state index < -0.39 is 5.97 Å². The van der Waals surface area contributed by atoms with Crippen molar-refractivity contribution in [3.05, 3.63) is 47.0 Å². The van der Waals surface area contributed by atoms with Gasteiger partial charge in [-0.1, -0.05) is 23.1 Å². The van der Waals surface area contributed by atoms with Gasteiger partial charge in [0, 0.05) is 5.56 Å². The lowest BCUT2D eigenvalue weighted by atomic mass is 10.1. The number of methoxy groups -OCH3 is 1. The van der Waals surface area contributed by atoms with Crippen LogP contribution in [0.15, 0.2) is 41.4 Å². The zero-order valence-electron chi connectivity index (χ0n) is 16.7. The van der Waals surface area contributed by atoms with Gasteiger partial charge in [0.15, 0.2) is 5.13 Å². The predicted octanol–water partition coefficient (Wildman–Crippen LogP) is 3.82. The fraction of sp³-hybridized carbons (Fsp3) is 0.250. The monoisotopic (exact) mass is 444 g/mol. The Morgan fingerprint density at radius 1 is 1.13 bits per heavy atom. The molecule has 0 aliphatic heterocycles. The summed E-state index contributed by atoms with van der Waals surface area (Å²) in [7, 11) is 1.62. The fourth-order valence-corrected chi connectivity index (χ4v) is 3.93. The highest BCUT2D eigenvalue weighted by Crippen LogP contribution is 2.25. The number of hydrogen-bond acceptors (Lipinski definition) is 9. The van der Waals surface area contributed by atoms with Crippen LogP contribution in [0.1, 0.15) is 22.3 Å². The number of nitrogens with one attached hydrogen (secondary N) is 1. The van der Waals surface area contributed by atoms with Crippen molar-refractivity contribution in [2.75, 3.05) is 24.8 Å². The summed E-state index contributed by atoms with van der Waals surface area (Å²) in [5.74, 6) is 0.235. The van der Waals surface area contributed by atoms with E-state index in [1.54, 1.807) is 21.0 Å². The molecule has 0 unspecified atom stereocenters. The van der Waals surface area contributed by atoms with Crippen LogP contribution in [-0.2, 0) is 9.53 Å². The molecule has 10 heteroatoms. The number of rotatable bonds is 8. The summed E-state index contributed by atoms with van der Waals surface area (Å²) in [6.45, 7) is 3.72. The molecule has 1 aromatic carbocycles. The lowest BCUT2D eigenvalue weighted by Crippen LogP contribution is -2.14. The van der Waals surface area contributed by atoms with E-state index in [2.05, 4.69) is 20.5 Å². The minimum atomic E-state index is -0.436. The summed E-state index contributed by atoms with van der Waals surface area (Å²) < 4.78 is 10.1. The highest BCUT2D eigenvalue weighted by molar-refractivity contribution is 7.99. The summed E-state index contributed by atoms with van der Waals surface area (Å²) >= 11 is 2.36. The molecule has 0 fully saturated rings. The van der Waals surface area contributed by atoms with E-state index in [0.29, 0.717) is 20.7 Å². The summed E-state index contributed by atoms with van der Waals surface area (Å²) in [6, 6.07) is 11.2. The van der Waals surface area contributed by atoms with Crippen molar-refractivity contribution in [2.24, 2.45) is 0 Å². The van der Waals surface area contributed by atoms with Gasteiger partial charge in [-0.05, 0) is 50.2 Å². The quantitative estimate of drug-likeness (QED) is 0.413. The van der Waals surface area contributed by atoms with Gasteiger partial charge in [0.25, 0.3) is 0 Å². The molecule has 0 radical (unpaired) electrons. The molecule has 2 heterocycles. The molecule has 0 bridgehead atoms. The number of aryl methyl sites for hydroxylation is 1. The van der Waals surface area contributed by atoms with Gasteiger partial charge >= 0.3 is 5.97 Å². The zero-order chi connectivity index (χ0) is 21.5. The SMILES string of the molecule is CCOC(=O)c1sc(NC(=O)CSc2ccc(-c3ccc(OC)cc3)nn2)nc1C. The highest BCUT2D eigenvalue weighted by Gasteiger charge is 2.17. The van der Waals surface area contributed by atoms with E-state index in [0.717, 1.165) is 28.3 Å². The molecule has 30 heavy (non-hydrogen) atoms. The molecule has 0 aliphatic carbocycles. The lowest BCUT2D eigenvalue weighted by molar-refractivity contribution is -0.113. The van der Waals surface area contributed by atoms with Crippen LogP contribution in [0.2, 0.25) is 0 Å². The Morgan fingerprint density at radius 2 is 1.90 bits per heavy atom. The molecule has 2 aromatic heterocycles. The molecular formula is C20H20N4O4S2. The Labute approximate surface area is 182 Å². The number of anilines is 1. The number of carbonyl (C=O) groups excluding carboxylic acids is 2. The second-order valence-electron chi connectivity index (χ2n) is 5.98. The molecule has 0 atom stereocenters. The molecular weight excluding hydrogens is 424 g/mol. The molecule has 1 amide bonds. The highest BCUT2D eigenvalue weighted by atomic mass is 32.2. The van der Waals surface area contributed by atoms with Crippen LogP contribution in [0.3, 0.4) is 0 Å². The third kappa shape index (κ3) is 5.55. The van der Waals surface area contributed by atoms with Crippen LogP contribution in [0.5, 0.6) is 5.75 Å². The Bertz CT molecular complexity index is 1020. The van der Waals surface area contributed by atoms with Gasteiger partial charge in [-0.3, -0.25) is 4.79 Å². The molecule has 8 nitrogen and oxygen atoms in total. The maximum absolute atomic E-state index is 12.2. The third-order valence-corrected chi connectivity index (χ3v) is 5.85. The van der Waals surface area contributed by atoms with Crippen molar-refractivity contribution in [1.29, 1.82) is 0 Å². The second-order valence-corrected chi connectivity index (χ2v) is 7.97. The summed E-state index contributed by atoms with van der Waals surface area (Å²) in [4.78, 5) is 28.7. The molecule has 1 N–H and O–H groups in total. The third-order valence-electron chi connectivity index (χ3n) is 3.88. The minimum Gasteiger partial charge on any atom is -0.497 e. The van der Waals surface area contributed by atoms with Gasteiger partial charge in [-0.15, -0.1) is 10.2 Å². The van der Waals surface area contributed by atoms with Gasteiger partial charge in [0.1, 0.15) is 15.7 Å². The first-order chi connectivity index (χ1) is 14.5. The fourth-order valence-electron chi connectivity index (χ4n) is 2.44. The average molecular weight is 445 g/mol. The van der Waals surface area contributed by atoms with Crippen molar-refractivity contribution < 1.29 is 19.1 Å². The number of amides is 1. The van der Waals surface area contributed by atoms with Crippen LogP contribution in [0.4, 0.5) is 5.13 Å². The van der Waals surface area contributed by atoms with Crippen molar-refractivity contribution in [1.82, 2.24) is 15.2 Å². The van der Waals surface area contributed by atoms with E-state index >= 15 is 0 Å². The predicted molar refractivity (Wildman–Crippen MR) is 116 cm³/mol. The Morgan fingerprint density at radius 3 is 2.53 bits per heavy atom. The number of thiazole rings is 1. The summed E-state index contributed by atoms with van der Waals surface area (Å²) in [5.41, 5.74) is 2.19. The molecule has 3 aromatic rings. The summed E-state index contributed by atoms with van der Waals surface area (Å²) in [6.07, 6.45) is 0. The number of hydrogen-bond donors (Lipinski definition) is 1. The van der Waals surface area contributed by atoms with Crippen LogP contribution in [0.25, 0.3) is 11.3 Å².